The summed E-state index contributed by atoms with van der Waals surface area (Å²) < 4.78 is 15.5. The van der Waals surface area contributed by atoms with Crippen LogP contribution in [0.2, 0.25) is 0 Å². The molecule has 1 heterocycles. The largest absolute Gasteiger partial charge is 0.322 e. The molecule has 0 atom stereocenters. The number of rotatable bonds is 0. The van der Waals surface area contributed by atoms with Crippen molar-refractivity contribution in [2.45, 2.75) is 0 Å². The smallest absolute Gasteiger partial charge is 0.177 e. The van der Waals surface area contributed by atoms with Crippen LogP contribution in [0.5, 0.6) is 0 Å². The van der Waals surface area contributed by atoms with Crippen LogP contribution in [0.3, 0.4) is 0 Å². The third kappa shape index (κ3) is 0.948. The molecule has 0 aliphatic rings. The van der Waals surface area contributed by atoms with Crippen LogP contribution in [-0.2, 0) is 7.05 Å². The normalized spacial score (nSPS) is 10.9. The molecule has 0 aliphatic heterocycles. The van der Waals surface area contributed by atoms with E-state index in [1.807, 2.05) is 13.1 Å². The van der Waals surface area contributed by atoms with E-state index < -0.39 is 0 Å². The summed E-state index contributed by atoms with van der Waals surface area (Å²) in [7, 11) is 1.83. The lowest BCUT2D eigenvalue weighted by Crippen LogP contribution is -1.86. The predicted octanol–water partition coefficient (Wildman–Crippen LogP) is 2.47. The summed E-state index contributed by atoms with van der Waals surface area (Å²) in [6, 6.07) is 4.91. The lowest BCUT2D eigenvalue weighted by molar-refractivity contribution is 0.637. The van der Waals surface area contributed by atoms with Gasteiger partial charge in [-0.25, -0.2) is 9.37 Å². The molecular formula is C8H6BrFN2. The Bertz CT molecular complexity index is 436. The summed E-state index contributed by atoms with van der Waals surface area (Å²) in [5.41, 5.74) is 1.20. The molecule has 0 fully saturated rings. The number of para-hydroxylation sites is 1. The minimum atomic E-state index is -0.284. The average Bonchev–Trinajstić information content (AvgIpc) is 2.32. The van der Waals surface area contributed by atoms with Crippen molar-refractivity contribution in [2.24, 2.45) is 7.05 Å². The highest BCUT2D eigenvalue weighted by molar-refractivity contribution is 9.10. The lowest BCUT2D eigenvalue weighted by Gasteiger charge is -1.93. The van der Waals surface area contributed by atoms with Crippen molar-refractivity contribution in [3.05, 3.63) is 28.7 Å². The lowest BCUT2D eigenvalue weighted by atomic mass is 10.3. The maximum absolute atomic E-state index is 13.1. The first-order chi connectivity index (χ1) is 5.70. The summed E-state index contributed by atoms with van der Waals surface area (Å²) in [6.07, 6.45) is 0. The molecule has 0 unspecified atom stereocenters. The van der Waals surface area contributed by atoms with E-state index >= 15 is 0 Å². The maximum atomic E-state index is 13.1. The molecule has 12 heavy (non-hydrogen) atoms. The summed E-state index contributed by atoms with van der Waals surface area (Å²) in [6.45, 7) is 0. The molecule has 2 aromatic rings. The van der Waals surface area contributed by atoms with Crippen molar-refractivity contribution < 1.29 is 4.39 Å². The zero-order valence-electron chi connectivity index (χ0n) is 6.38. The van der Waals surface area contributed by atoms with Gasteiger partial charge in [-0.2, -0.15) is 0 Å². The number of aryl methyl sites for hydroxylation is 1. The first-order valence-electron chi connectivity index (χ1n) is 3.46. The van der Waals surface area contributed by atoms with Gasteiger partial charge in [0.15, 0.2) is 10.6 Å². The van der Waals surface area contributed by atoms with E-state index in [0.29, 0.717) is 10.3 Å². The van der Waals surface area contributed by atoms with Crippen LogP contribution < -0.4 is 0 Å². The van der Waals surface area contributed by atoms with Gasteiger partial charge in [-0.1, -0.05) is 6.07 Å². The van der Waals surface area contributed by atoms with Crippen LogP contribution in [0.1, 0.15) is 0 Å². The van der Waals surface area contributed by atoms with E-state index in [4.69, 9.17) is 0 Å². The summed E-state index contributed by atoms with van der Waals surface area (Å²) in [4.78, 5) is 4.02. The Morgan fingerprint density at radius 2 is 2.25 bits per heavy atom. The zero-order chi connectivity index (χ0) is 8.72. The number of hydrogen-bond donors (Lipinski definition) is 0. The molecule has 0 N–H and O–H groups in total. The first kappa shape index (κ1) is 7.73. The Kier molecular flexibility index (Phi) is 1.65. The number of halogens is 2. The van der Waals surface area contributed by atoms with E-state index in [-0.39, 0.29) is 5.82 Å². The van der Waals surface area contributed by atoms with Gasteiger partial charge in [0.1, 0.15) is 5.52 Å². The van der Waals surface area contributed by atoms with Gasteiger partial charge in [0.25, 0.3) is 0 Å². The highest BCUT2D eigenvalue weighted by atomic mass is 79.9. The molecule has 0 saturated heterocycles. The fraction of sp³-hybridized carbons (Fsp3) is 0.125. The molecule has 0 bridgehead atoms. The van der Waals surface area contributed by atoms with Crippen molar-refractivity contribution in [1.29, 1.82) is 0 Å². The van der Waals surface area contributed by atoms with Crippen LogP contribution in [0.25, 0.3) is 11.0 Å². The Hall–Kier alpha value is -0.900. The molecule has 0 radical (unpaired) electrons. The summed E-state index contributed by atoms with van der Waals surface area (Å²) >= 11 is 3.23. The standard InChI is InChI=1S/C8H6BrFN2/c1-12-6-4-2-3-5(10)7(6)11-8(12)9/h2-4H,1H3. The van der Waals surface area contributed by atoms with Crippen molar-refractivity contribution in [1.82, 2.24) is 9.55 Å². The molecule has 4 heteroatoms. The van der Waals surface area contributed by atoms with Crippen LogP contribution in [0.4, 0.5) is 4.39 Å². The average molecular weight is 229 g/mol. The number of nitrogens with zero attached hydrogens (tertiary/aromatic N) is 2. The molecule has 0 aliphatic carbocycles. The van der Waals surface area contributed by atoms with Gasteiger partial charge in [-0.15, -0.1) is 0 Å². The van der Waals surface area contributed by atoms with Gasteiger partial charge < -0.3 is 4.57 Å². The van der Waals surface area contributed by atoms with Crippen molar-refractivity contribution in [3.8, 4) is 0 Å². The molecule has 1 aromatic heterocycles. The van der Waals surface area contributed by atoms with Crippen LogP contribution in [0, 0.1) is 5.82 Å². The third-order valence-electron chi connectivity index (χ3n) is 1.81. The molecule has 2 rings (SSSR count). The topological polar surface area (TPSA) is 17.8 Å². The van der Waals surface area contributed by atoms with Gasteiger partial charge in [0, 0.05) is 7.05 Å². The van der Waals surface area contributed by atoms with Gasteiger partial charge in [-0.05, 0) is 28.1 Å². The number of benzene rings is 1. The highest BCUT2D eigenvalue weighted by Crippen LogP contribution is 2.20. The van der Waals surface area contributed by atoms with E-state index in [1.54, 1.807) is 10.6 Å². The SMILES string of the molecule is Cn1c(Br)nc2c(F)cccc21. The van der Waals surface area contributed by atoms with E-state index in [1.165, 1.54) is 6.07 Å². The van der Waals surface area contributed by atoms with E-state index in [0.717, 1.165) is 5.52 Å². The summed E-state index contributed by atoms with van der Waals surface area (Å²) in [5, 5.41) is 0. The molecule has 2 nitrogen and oxygen atoms in total. The van der Waals surface area contributed by atoms with E-state index in [9.17, 15) is 4.39 Å². The molecule has 1 aromatic carbocycles. The second kappa shape index (κ2) is 2.55. The second-order valence-electron chi connectivity index (χ2n) is 2.55. The van der Waals surface area contributed by atoms with Gasteiger partial charge in [0.05, 0.1) is 5.52 Å². The molecule has 0 saturated carbocycles. The van der Waals surface area contributed by atoms with Crippen LogP contribution in [0.15, 0.2) is 22.9 Å². The molecular weight excluding hydrogens is 223 g/mol. The third-order valence-corrected chi connectivity index (χ3v) is 2.52. The summed E-state index contributed by atoms with van der Waals surface area (Å²) in [5.74, 6) is -0.284. The van der Waals surface area contributed by atoms with Gasteiger partial charge >= 0.3 is 0 Å². The van der Waals surface area contributed by atoms with Crippen molar-refractivity contribution in [3.63, 3.8) is 0 Å². The van der Waals surface area contributed by atoms with Gasteiger partial charge in [-0.3, -0.25) is 0 Å². The Balaban J connectivity index is 2.95. The monoisotopic (exact) mass is 228 g/mol. The number of fused-ring (bicyclic) bond motifs is 1. The number of imidazole rings is 1. The quantitative estimate of drug-likeness (QED) is 0.678. The predicted molar refractivity (Wildman–Crippen MR) is 48.4 cm³/mol. The van der Waals surface area contributed by atoms with Crippen molar-refractivity contribution >= 4 is 27.0 Å². The first-order valence-corrected chi connectivity index (χ1v) is 4.26. The minimum Gasteiger partial charge on any atom is -0.322 e. The number of hydrogen-bond acceptors (Lipinski definition) is 1. The maximum Gasteiger partial charge on any atom is 0.177 e. The number of aromatic nitrogens is 2. The highest BCUT2D eigenvalue weighted by Gasteiger charge is 2.07. The molecule has 62 valence electrons. The Morgan fingerprint density at radius 3 is 2.92 bits per heavy atom. The second-order valence-corrected chi connectivity index (χ2v) is 3.26. The fourth-order valence-electron chi connectivity index (χ4n) is 1.15. The Labute approximate surface area is 77.1 Å². The Morgan fingerprint density at radius 1 is 1.50 bits per heavy atom. The molecule has 0 spiro atoms. The van der Waals surface area contributed by atoms with Gasteiger partial charge in [0.2, 0.25) is 0 Å². The fourth-order valence-corrected chi connectivity index (χ4v) is 1.52. The van der Waals surface area contributed by atoms with Crippen LogP contribution >= 0.6 is 15.9 Å². The van der Waals surface area contributed by atoms with E-state index in [2.05, 4.69) is 20.9 Å². The zero-order valence-corrected chi connectivity index (χ0v) is 7.97. The van der Waals surface area contributed by atoms with Crippen molar-refractivity contribution in [2.75, 3.05) is 0 Å². The van der Waals surface area contributed by atoms with Crippen LogP contribution in [-0.4, -0.2) is 9.55 Å². The molecule has 0 amide bonds. The minimum absolute atomic E-state index is 0.284.